The summed E-state index contributed by atoms with van der Waals surface area (Å²) >= 11 is 1.72. The number of nitrogens with zero attached hydrogens (tertiary/aromatic N) is 4. The molecule has 0 unspecified atom stereocenters. The van der Waals surface area contributed by atoms with Crippen LogP contribution < -0.4 is 4.90 Å². The van der Waals surface area contributed by atoms with Gasteiger partial charge in [0.25, 0.3) is 0 Å². The lowest BCUT2D eigenvalue weighted by Crippen LogP contribution is -2.23. The van der Waals surface area contributed by atoms with Crippen molar-refractivity contribution in [2.24, 2.45) is 0 Å². The number of aromatic nitrogens is 3. The first-order valence-corrected chi connectivity index (χ1v) is 8.69. The van der Waals surface area contributed by atoms with E-state index < -0.39 is 0 Å². The third-order valence-electron chi connectivity index (χ3n) is 3.75. The van der Waals surface area contributed by atoms with E-state index >= 15 is 0 Å². The molecule has 4 nitrogen and oxygen atoms in total. The quantitative estimate of drug-likeness (QED) is 0.696. The maximum absolute atomic E-state index is 4.60. The highest BCUT2D eigenvalue weighted by Gasteiger charge is 2.10. The zero-order chi connectivity index (χ0) is 16.2. The molecule has 0 saturated carbocycles. The van der Waals surface area contributed by atoms with Crippen LogP contribution in [0.25, 0.3) is 21.7 Å². The fourth-order valence-electron chi connectivity index (χ4n) is 2.57. The first-order valence-electron chi connectivity index (χ1n) is 7.81. The topological polar surface area (TPSA) is 41.9 Å². The van der Waals surface area contributed by atoms with E-state index in [0.29, 0.717) is 0 Å². The second kappa shape index (κ2) is 6.87. The predicted molar refractivity (Wildman–Crippen MR) is 96.9 cm³/mol. The lowest BCUT2D eigenvalue weighted by Gasteiger charge is -2.20. The van der Waals surface area contributed by atoms with E-state index in [1.54, 1.807) is 11.3 Å². The molecule has 0 spiro atoms. The summed E-state index contributed by atoms with van der Waals surface area (Å²) in [5.41, 5.74) is 3.07. The van der Waals surface area contributed by atoms with Gasteiger partial charge in [0.1, 0.15) is 11.6 Å². The zero-order valence-electron chi connectivity index (χ0n) is 13.7. The molecule has 3 heterocycles. The molecule has 0 aliphatic heterocycles. The molecule has 118 valence electrons. The van der Waals surface area contributed by atoms with Gasteiger partial charge in [0, 0.05) is 47.6 Å². The molecule has 0 bridgehead atoms. The molecule has 23 heavy (non-hydrogen) atoms. The Labute approximate surface area is 140 Å². The highest BCUT2D eigenvalue weighted by molar-refractivity contribution is 7.13. The van der Waals surface area contributed by atoms with E-state index in [1.807, 2.05) is 19.3 Å². The average molecular weight is 324 g/mol. The van der Waals surface area contributed by atoms with E-state index in [4.69, 9.17) is 0 Å². The number of hydrogen-bond acceptors (Lipinski definition) is 5. The molecular formula is C18H20N4S. The SMILES string of the molecule is CCN(CC)c1cc(-c2cncc(-c3cccs3)c2)nc(C)n1. The van der Waals surface area contributed by atoms with Crippen molar-refractivity contribution in [2.45, 2.75) is 20.8 Å². The van der Waals surface area contributed by atoms with Gasteiger partial charge in [0.15, 0.2) is 0 Å². The van der Waals surface area contributed by atoms with Gasteiger partial charge in [-0.25, -0.2) is 9.97 Å². The minimum Gasteiger partial charge on any atom is -0.357 e. The maximum Gasteiger partial charge on any atom is 0.132 e. The molecular weight excluding hydrogens is 304 g/mol. The summed E-state index contributed by atoms with van der Waals surface area (Å²) in [5, 5.41) is 2.08. The van der Waals surface area contributed by atoms with Gasteiger partial charge in [-0.3, -0.25) is 4.98 Å². The fraction of sp³-hybridized carbons (Fsp3) is 0.278. The van der Waals surface area contributed by atoms with Crippen LogP contribution >= 0.6 is 11.3 Å². The third-order valence-corrected chi connectivity index (χ3v) is 4.67. The summed E-state index contributed by atoms with van der Waals surface area (Å²) < 4.78 is 0. The van der Waals surface area contributed by atoms with Crippen LogP contribution in [0.5, 0.6) is 0 Å². The molecule has 0 N–H and O–H groups in total. The molecule has 0 radical (unpaired) electrons. The van der Waals surface area contributed by atoms with Gasteiger partial charge < -0.3 is 4.90 Å². The normalized spacial score (nSPS) is 10.7. The molecule has 0 aromatic carbocycles. The van der Waals surface area contributed by atoms with E-state index in [1.165, 1.54) is 4.88 Å². The zero-order valence-corrected chi connectivity index (χ0v) is 14.5. The van der Waals surface area contributed by atoms with Gasteiger partial charge in [-0.15, -0.1) is 11.3 Å². The van der Waals surface area contributed by atoms with E-state index in [2.05, 4.69) is 63.3 Å². The molecule has 0 amide bonds. The van der Waals surface area contributed by atoms with Crippen LogP contribution in [0, 0.1) is 6.92 Å². The van der Waals surface area contributed by atoms with Gasteiger partial charge in [0.05, 0.1) is 5.69 Å². The van der Waals surface area contributed by atoms with Crippen LogP contribution in [0.4, 0.5) is 5.82 Å². The molecule has 0 fully saturated rings. The molecule has 3 rings (SSSR count). The number of pyridine rings is 1. The fourth-order valence-corrected chi connectivity index (χ4v) is 3.28. The highest BCUT2D eigenvalue weighted by atomic mass is 32.1. The second-order valence-corrected chi connectivity index (χ2v) is 6.22. The Bertz CT molecular complexity index is 779. The van der Waals surface area contributed by atoms with Crippen LogP contribution in [-0.4, -0.2) is 28.0 Å². The Hall–Kier alpha value is -2.27. The summed E-state index contributed by atoms with van der Waals surface area (Å²) in [4.78, 5) is 17.0. The minimum absolute atomic E-state index is 0.783. The largest absolute Gasteiger partial charge is 0.357 e. The van der Waals surface area contributed by atoms with Crippen LogP contribution in [0.1, 0.15) is 19.7 Å². The Balaban J connectivity index is 2.03. The molecule has 0 saturated heterocycles. The average Bonchev–Trinajstić information content (AvgIpc) is 3.10. The molecule has 0 aliphatic carbocycles. The Morgan fingerprint density at radius 3 is 2.52 bits per heavy atom. The van der Waals surface area contributed by atoms with Gasteiger partial charge in [-0.05, 0) is 38.3 Å². The molecule has 5 heteroatoms. The van der Waals surface area contributed by atoms with Crippen molar-refractivity contribution in [1.82, 2.24) is 15.0 Å². The number of rotatable bonds is 5. The molecule has 3 aromatic heterocycles. The summed E-state index contributed by atoms with van der Waals surface area (Å²) in [6, 6.07) is 8.36. The number of anilines is 1. The van der Waals surface area contributed by atoms with Crippen LogP contribution in [0.2, 0.25) is 0 Å². The monoisotopic (exact) mass is 324 g/mol. The molecule has 0 atom stereocenters. The van der Waals surface area contributed by atoms with Gasteiger partial charge in [0.2, 0.25) is 0 Å². The van der Waals surface area contributed by atoms with E-state index in [9.17, 15) is 0 Å². The minimum atomic E-state index is 0.783. The Kier molecular flexibility index (Phi) is 4.67. The number of thiophene rings is 1. The molecule has 3 aromatic rings. The van der Waals surface area contributed by atoms with Crippen LogP contribution in [-0.2, 0) is 0 Å². The highest BCUT2D eigenvalue weighted by Crippen LogP contribution is 2.28. The van der Waals surface area contributed by atoms with Crippen molar-refractivity contribution in [1.29, 1.82) is 0 Å². The smallest absolute Gasteiger partial charge is 0.132 e. The van der Waals surface area contributed by atoms with Crippen molar-refractivity contribution in [2.75, 3.05) is 18.0 Å². The lowest BCUT2D eigenvalue weighted by molar-refractivity contribution is 0.835. The van der Waals surface area contributed by atoms with Crippen molar-refractivity contribution in [3.05, 3.63) is 47.9 Å². The predicted octanol–water partition coefficient (Wildman–Crippen LogP) is 4.42. The number of hydrogen-bond donors (Lipinski definition) is 0. The summed E-state index contributed by atoms with van der Waals surface area (Å²) in [6.45, 7) is 8.08. The van der Waals surface area contributed by atoms with Gasteiger partial charge >= 0.3 is 0 Å². The standard InChI is InChI=1S/C18H20N4S/c1-4-22(5-2)18-10-16(20-13(3)21-18)14-9-15(12-19-11-14)17-7-6-8-23-17/h6-12H,4-5H2,1-3H3. The van der Waals surface area contributed by atoms with Gasteiger partial charge in [-0.1, -0.05) is 6.07 Å². The first kappa shape index (κ1) is 15.6. The molecule has 0 aliphatic rings. The Morgan fingerprint density at radius 1 is 1.04 bits per heavy atom. The van der Waals surface area contributed by atoms with Crippen molar-refractivity contribution >= 4 is 17.2 Å². The van der Waals surface area contributed by atoms with Crippen LogP contribution in [0.3, 0.4) is 0 Å². The summed E-state index contributed by atoms with van der Waals surface area (Å²) in [5.74, 6) is 1.75. The van der Waals surface area contributed by atoms with Crippen LogP contribution in [0.15, 0.2) is 42.0 Å². The van der Waals surface area contributed by atoms with Crippen molar-refractivity contribution < 1.29 is 0 Å². The summed E-state index contributed by atoms with van der Waals surface area (Å²) in [7, 11) is 0. The van der Waals surface area contributed by atoms with Crippen molar-refractivity contribution in [3.8, 4) is 21.7 Å². The lowest BCUT2D eigenvalue weighted by atomic mass is 10.1. The van der Waals surface area contributed by atoms with Crippen molar-refractivity contribution in [3.63, 3.8) is 0 Å². The van der Waals surface area contributed by atoms with E-state index in [-0.39, 0.29) is 0 Å². The summed E-state index contributed by atoms with van der Waals surface area (Å²) in [6.07, 6.45) is 3.76. The Morgan fingerprint density at radius 2 is 1.83 bits per heavy atom. The maximum atomic E-state index is 4.60. The first-order chi connectivity index (χ1) is 11.2. The van der Waals surface area contributed by atoms with Gasteiger partial charge in [-0.2, -0.15) is 0 Å². The third kappa shape index (κ3) is 3.40. The second-order valence-electron chi connectivity index (χ2n) is 5.27. The van der Waals surface area contributed by atoms with E-state index in [0.717, 1.165) is 41.6 Å². The number of aryl methyl sites for hydroxylation is 1.